The lowest BCUT2D eigenvalue weighted by atomic mass is 9.93. The zero-order valence-corrected chi connectivity index (χ0v) is 20.2. The van der Waals surface area contributed by atoms with E-state index < -0.39 is 29.6 Å². The van der Waals surface area contributed by atoms with E-state index in [2.05, 4.69) is 10.6 Å². The van der Waals surface area contributed by atoms with Crippen LogP contribution in [0.25, 0.3) is 0 Å². The second-order valence-corrected chi connectivity index (χ2v) is 10.1. The fourth-order valence-electron chi connectivity index (χ4n) is 4.55. The number of rotatable bonds is 6. The summed E-state index contributed by atoms with van der Waals surface area (Å²) in [6.07, 6.45) is 5.62. The van der Waals surface area contributed by atoms with E-state index in [0.29, 0.717) is 39.0 Å². The monoisotopic (exact) mass is 465 g/mol. The van der Waals surface area contributed by atoms with Gasteiger partial charge in [0, 0.05) is 19.6 Å². The Balaban J connectivity index is 1.73. The van der Waals surface area contributed by atoms with Crippen molar-refractivity contribution < 1.29 is 28.7 Å². The number of nitrogens with zero attached hydrogens (tertiary/aromatic N) is 1. The summed E-state index contributed by atoms with van der Waals surface area (Å²) in [6.45, 7) is 7.09. The number of carbonyl (C=O) groups is 4. The van der Waals surface area contributed by atoms with Crippen LogP contribution in [0.5, 0.6) is 0 Å². The van der Waals surface area contributed by atoms with E-state index in [-0.39, 0.29) is 30.1 Å². The van der Waals surface area contributed by atoms with E-state index in [0.717, 1.165) is 32.1 Å². The van der Waals surface area contributed by atoms with Crippen LogP contribution in [0.3, 0.4) is 0 Å². The lowest BCUT2D eigenvalue weighted by Gasteiger charge is -2.35. The van der Waals surface area contributed by atoms with Crippen LogP contribution >= 0.6 is 0 Å². The van der Waals surface area contributed by atoms with Crippen LogP contribution in [-0.2, 0) is 28.7 Å². The number of fused-ring (bicyclic) bond motifs is 1. The minimum atomic E-state index is -0.937. The maximum atomic E-state index is 13.2. The summed E-state index contributed by atoms with van der Waals surface area (Å²) in [4.78, 5) is 53.7. The maximum Gasteiger partial charge on any atom is 0.245 e. The molecule has 0 saturated carbocycles. The third kappa shape index (κ3) is 6.99. The molecule has 0 aliphatic carbocycles. The molecule has 33 heavy (non-hydrogen) atoms. The molecule has 0 spiro atoms. The van der Waals surface area contributed by atoms with Crippen molar-refractivity contribution in [1.29, 1.82) is 0 Å². The molecule has 3 amide bonds. The first-order valence-electron chi connectivity index (χ1n) is 12.4. The van der Waals surface area contributed by atoms with Crippen LogP contribution in [0.15, 0.2) is 0 Å². The van der Waals surface area contributed by atoms with Gasteiger partial charge in [-0.15, -0.1) is 0 Å². The van der Waals surface area contributed by atoms with Crippen molar-refractivity contribution in [2.24, 2.45) is 5.92 Å². The Labute approximate surface area is 196 Å². The van der Waals surface area contributed by atoms with Gasteiger partial charge in [0.05, 0.1) is 19.3 Å². The average Bonchev–Trinajstić information content (AvgIpc) is 3.53. The quantitative estimate of drug-likeness (QED) is 0.572. The summed E-state index contributed by atoms with van der Waals surface area (Å²) in [5, 5.41) is 5.66. The third-order valence-corrected chi connectivity index (χ3v) is 6.66. The van der Waals surface area contributed by atoms with Crippen LogP contribution in [0.1, 0.15) is 72.1 Å². The molecule has 1 unspecified atom stereocenters. The van der Waals surface area contributed by atoms with Gasteiger partial charge in [0.1, 0.15) is 17.7 Å². The van der Waals surface area contributed by atoms with Gasteiger partial charge in [0.25, 0.3) is 0 Å². The number of epoxide rings is 1. The SMILES string of the molecule is CC(C)C[C@H](NC(=O)[C@@H]1COCCCCCC(=O)N2CCCC[C@H]2C(=O)N1)C(=O)C1(C)CO1. The van der Waals surface area contributed by atoms with Crippen molar-refractivity contribution >= 4 is 23.5 Å². The van der Waals surface area contributed by atoms with E-state index in [1.54, 1.807) is 11.8 Å². The van der Waals surface area contributed by atoms with E-state index in [1.165, 1.54) is 0 Å². The molecule has 2 N–H and O–H groups in total. The lowest BCUT2D eigenvalue weighted by molar-refractivity contribution is -0.143. The molecule has 0 radical (unpaired) electrons. The third-order valence-electron chi connectivity index (χ3n) is 6.66. The van der Waals surface area contributed by atoms with Crippen LogP contribution in [0, 0.1) is 5.92 Å². The number of amides is 3. The first-order chi connectivity index (χ1) is 15.7. The van der Waals surface area contributed by atoms with Crippen molar-refractivity contribution in [1.82, 2.24) is 15.5 Å². The highest BCUT2D eigenvalue weighted by atomic mass is 16.6. The Kier molecular flexibility index (Phi) is 8.87. The molecule has 0 aromatic rings. The first-order valence-corrected chi connectivity index (χ1v) is 12.4. The standard InChI is InChI=1S/C24H39N3O6/c1-16(2)13-17(21(29)24(3)15-33-24)25-22(30)18-14-32-12-8-4-5-10-20(28)27-11-7-6-9-19(27)23(31)26-18/h16-19H,4-15H2,1-3H3,(H,25,30)(H,26,31)/t17-,18-,19-,24?/m0/s1. The van der Waals surface area contributed by atoms with E-state index in [4.69, 9.17) is 9.47 Å². The summed E-state index contributed by atoms with van der Waals surface area (Å²) in [5.41, 5.74) is -0.847. The Hall–Kier alpha value is -2.00. The van der Waals surface area contributed by atoms with Crippen LogP contribution in [-0.4, -0.2) is 78.5 Å². The molecule has 0 bridgehead atoms. The fraction of sp³-hybridized carbons (Fsp3) is 0.833. The molecule has 186 valence electrons. The molecule has 3 rings (SSSR count). The van der Waals surface area contributed by atoms with Crippen molar-refractivity contribution in [3.05, 3.63) is 0 Å². The van der Waals surface area contributed by atoms with Gasteiger partial charge in [-0.05, 0) is 51.4 Å². The predicted octanol–water partition coefficient (Wildman–Crippen LogP) is 1.33. The average molecular weight is 466 g/mol. The van der Waals surface area contributed by atoms with Crippen molar-refractivity contribution in [2.75, 3.05) is 26.4 Å². The zero-order valence-electron chi connectivity index (χ0n) is 20.2. The molecule has 3 heterocycles. The normalized spacial score (nSPS) is 30.2. The number of ketones is 1. The van der Waals surface area contributed by atoms with Crippen molar-refractivity contribution in [3.8, 4) is 0 Å². The summed E-state index contributed by atoms with van der Waals surface area (Å²) in [5.74, 6) is -0.749. The summed E-state index contributed by atoms with van der Waals surface area (Å²) >= 11 is 0. The Morgan fingerprint density at radius 2 is 1.94 bits per heavy atom. The smallest absolute Gasteiger partial charge is 0.245 e. The van der Waals surface area contributed by atoms with Gasteiger partial charge >= 0.3 is 0 Å². The van der Waals surface area contributed by atoms with Gasteiger partial charge in [-0.3, -0.25) is 19.2 Å². The van der Waals surface area contributed by atoms with Gasteiger partial charge in [-0.25, -0.2) is 0 Å². The molecule has 3 aliphatic heterocycles. The Morgan fingerprint density at radius 3 is 2.64 bits per heavy atom. The van der Waals surface area contributed by atoms with Gasteiger partial charge < -0.3 is 25.0 Å². The first kappa shape index (κ1) is 25.6. The highest BCUT2D eigenvalue weighted by molar-refractivity contribution is 5.98. The largest absolute Gasteiger partial charge is 0.379 e. The molecule has 3 fully saturated rings. The Bertz CT molecular complexity index is 736. The van der Waals surface area contributed by atoms with E-state index >= 15 is 0 Å². The fourth-order valence-corrected chi connectivity index (χ4v) is 4.55. The van der Waals surface area contributed by atoms with E-state index in [1.807, 2.05) is 13.8 Å². The molecule has 9 nitrogen and oxygen atoms in total. The maximum absolute atomic E-state index is 13.2. The summed E-state index contributed by atoms with van der Waals surface area (Å²) in [6, 6.07) is -2.21. The number of hydrogen-bond donors (Lipinski definition) is 2. The van der Waals surface area contributed by atoms with Crippen molar-refractivity contribution in [2.45, 2.75) is 95.9 Å². The van der Waals surface area contributed by atoms with Crippen LogP contribution in [0.2, 0.25) is 0 Å². The number of Topliss-reactive ketones (excluding diaryl/α,β-unsaturated/α-hetero) is 1. The number of ether oxygens (including phenoxy) is 2. The predicted molar refractivity (Wildman–Crippen MR) is 121 cm³/mol. The molecule has 0 aromatic carbocycles. The second kappa shape index (κ2) is 11.4. The van der Waals surface area contributed by atoms with Crippen LogP contribution < -0.4 is 10.6 Å². The topological polar surface area (TPSA) is 117 Å². The van der Waals surface area contributed by atoms with Gasteiger partial charge in [-0.2, -0.15) is 0 Å². The lowest BCUT2D eigenvalue weighted by Crippen LogP contribution is -2.59. The van der Waals surface area contributed by atoms with Gasteiger partial charge in [0.15, 0.2) is 5.78 Å². The molecular formula is C24H39N3O6. The van der Waals surface area contributed by atoms with Gasteiger partial charge in [0.2, 0.25) is 17.7 Å². The number of nitrogens with one attached hydrogen (secondary N) is 2. The summed E-state index contributed by atoms with van der Waals surface area (Å²) in [7, 11) is 0. The van der Waals surface area contributed by atoms with E-state index in [9.17, 15) is 19.2 Å². The molecule has 0 aromatic heterocycles. The zero-order chi connectivity index (χ0) is 24.0. The highest BCUT2D eigenvalue weighted by Crippen LogP contribution is 2.29. The molecule has 4 atom stereocenters. The molecular weight excluding hydrogens is 426 g/mol. The Morgan fingerprint density at radius 1 is 1.18 bits per heavy atom. The second-order valence-electron chi connectivity index (χ2n) is 10.1. The van der Waals surface area contributed by atoms with Crippen molar-refractivity contribution in [3.63, 3.8) is 0 Å². The molecule has 9 heteroatoms. The minimum absolute atomic E-state index is 0.00344. The number of carbonyl (C=O) groups excluding carboxylic acids is 4. The molecule has 3 aliphatic rings. The van der Waals surface area contributed by atoms with Crippen LogP contribution in [0.4, 0.5) is 0 Å². The number of hydrogen-bond acceptors (Lipinski definition) is 6. The number of piperidine rings is 1. The van der Waals surface area contributed by atoms with Gasteiger partial charge in [-0.1, -0.05) is 20.3 Å². The summed E-state index contributed by atoms with van der Waals surface area (Å²) < 4.78 is 11.0. The minimum Gasteiger partial charge on any atom is -0.379 e. The molecule has 3 saturated heterocycles. The highest BCUT2D eigenvalue weighted by Gasteiger charge is 2.50.